The molecule has 268 valence electrons. The van der Waals surface area contributed by atoms with Crippen LogP contribution < -0.4 is 4.90 Å². The third-order valence-corrected chi connectivity index (χ3v) is 11.2. The van der Waals surface area contributed by atoms with E-state index in [1.165, 1.54) is 11.1 Å². The summed E-state index contributed by atoms with van der Waals surface area (Å²) in [6.07, 6.45) is 0. The third kappa shape index (κ3) is 4.87. The van der Waals surface area contributed by atoms with Crippen molar-refractivity contribution >= 4 is 78.0 Å². The summed E-state index contributed by atoms with van der Waals surface area (Å²) in [7, 11) is 0. The molecule has 8 aromatic carbocycles. The van der Waals surface area contributed by atoms with Crippen molar-refractivity contribution in [1.29, 1.82) is 0 Å². The monoisotopic (exact) mass is 732 g/mol. The minimum Gasteiger partial charge on any atom is -0.456 e. The Morgan fingerprint density at radius 2 is 1.04 bits per heavy atom. The molecule has 0 aliphatic heterocycles. The molecule has 0 radical (unpaired) electrons. The number of furan rings is 2. The summed E-state index contributed by atoms with van der Waals surface area (Å²) in [5, 5.41) is 3.29. The van der Waals surface area contributed by atoms with E-state index >= 15 is 0 Å². The Morgan fingerprint density at radius 1 is 0.439 bits per heavy atom. The van der Waals surface area contributed by atoms with Crippen LogP contribution in [-0.4, -0.2) is 14.0 Å². The predicted molar refractivity (Wildman–Crippen MR) is 232 cm³/mol. The Balaban J connectivity index is 1.06. The van der Waals surface area contributed by atoms with Crippen molar-refractivity contribution in [1.82, 2.24) is 14.0 Å². The van der Waals surface area contributed by atoms with Crippen LogP contribution in [0.15, 0.2) is 203 Å². The van der Waals surface area contributed by atoms with Crippen LogP contribution in [0.5, 0.6) is 0 Å². The molecule has 0 N–H and O–H groups in total. The van der Waals surface area contributed by atoms with E-state index < -0.39 is 0 Å². The van der Waals surface area contributed by atoms with Crippen molar-refractivity contribution in [3.8, 4) is 27.9 Å². The number of benzene rings is 8. The lowest BCUT2D eigenvalue weighted by Gasteiger charge is -2.26. The zero-order valence-electron chi connectivity index (χ0n) is 30.6. The summed E-state index contributed by atoms with van der Waals surface area (Å²) >= 11 is 0. The highest BCUT2D eigenvalue weighted by Gasteiger charge is 2.23. The molecule has 0 amide bonds. The Hall–Kier alpha value is -7.83. The van der Waals surface area contributed by atoms with E-state index in [9.17, 15) is 0 Å². The van der Waals surface area contributed by atoms with Gasteiger partial charge in [-0.2, -0.15) is 4.98 Å². The van der Waals surface area contributed by atoms with Crippen molar-refractivity contribution in [2.24, 2.45) is 0 Å². The second kappa shape index (κ2) is 12.3. The molecule has 0 bridgehead atoms. The van der Waals surface area contributed by atoms with Gasteiger partial charge in [0.2, 0.25) is 11.5 Å². The highest BCUT2D eigenvalue weighted by molar-refractivity contribution is 6.12. The van der Waals surface area contributed by atoms with Gasteiger partial charge in [-0.25, -0.2) is 0 Å². The zero-order chi connectivity index (χ0) is 37.5. The Bertz CT molecular complexity index is 3450. The van der Waals surface area contributed by atoms with Crippen LogP contribution in [-0.2, 0) is 0 Å². The number of aromatic nitrogens is 3. The Morgan fingerprint density at radius 3 is 1.79 bits per heavy atom. The second-order valence-electron chi connectivity index (χ2n) is 14.4. The number of imidazole rings is 2. The van der Waals surface area contributed by atoms with Crippen LogP contribution in [0.25, 0.3) is 88.9 Å². The first-order valence-corrected chi connectivity index (χ1v) is 19.1. The highest BCUT2D eigenvalue weighted by Crippen LogP contribution is 2.42. The minimum atomic E-state index is 0.626. The molecule has 0 spiro atoms. The maximum absolute atomic E-state index is 6.28. The first kappa shape index (κ1) is 31.5. The number of hydrogen-bond donors (Lipinski definition) is 0. The summed E-state index contributed by atoms with van der Waals surface area (Å²) in [5.41, 5.74) is 15.1. The second-order valence-corrected chi connectivity index (χ2v) is 14.4. The van der Waals surface area contributed by atoms with Crippen LogP contribution in [0.4, 0.5) is 17.1 Å². The zero-order valence-corrected chi connectivity index (χ0v) is 30.6. The number of para-hydroxylation sites is 3. The lowest BCUT2D eigenvalue weighted by Crippen LogP contribution is -2.10. The van der Waals surface area contributed by atoms with Crippen LogP contribution in [0.3, 0.4) is 0 Å². The molecular formula is C51H32N4O2. The minimum absolute atomic E-state index is 0.626. The molecule has 12 aromatic rings. The van der Waals surface area contributed by atoms with Crippen LogP contribution in [0.1, 0.15) is 0 Å². The van der Waals surface area contributed by atoms with Gasteiger partial charge in [-0.15, -0.1) is 0 Å². The Kier molecular flexibility index (Phi) is 6.83. The third-order valence-electron chi connectivity index (χ3n) is 11.2. The molecule has 4 heterocycles. The summed E-state index contributed by atoms with van der Waals surface area (Å²) in [4.78, 5) is 7.44. The van der Waals surface area contributed by atoms with Gasteiger partial charge < -0.3 is 13.7 Å². The van der Waals surface area contributed by atoms with Gasteiger partial charge in [-0.1, -0.05) is 115 Å². The fraction of sp³-hybridized carbons (Fsp3) is 0. The van der Waals surface area contributed by atoms with Crippen molar-refractivity contribution < 1.29 is 8.83 Å². The summed E-state index contributed by atoms with van der Waals surface area (Å²) in [6.45, 7) is 0. The van der Waals surface area contributed by atoms with Crippen molar-refractivity contribution in [3.63, 3.8) is 0 Å². The molecule has 12 rings (SSSR count). The number of rotatable bonds is 6. The van der Waals surface area contributed by atoms with Gasteiger partial charge in [0.1, 0.15) is 22.3 Å². The van der Waals surface area contributed by atoms with E-state index in [4.69, 9.17) is 13.8 Å². The maximum atomic E-state index is 6.28. The van der Waals surface area contributed by atoms with Gasteiger partial charge >= 0.3 is 0 Å². The fourth-order valence-electron chi connectivity index (χ4n) is 8.57. The molecule has 0 aliphatic carbocycles. The standard InChI is InChI=1S/C51H32N4O2/c1-3-12-33(13-4-1)34-22-26-37(27-23-34)53(38-28-24-35(25-29-38)40-18-11-21-47-48(40)41-16-7-9-19-45(41)56-47)39-30-31-43-44(32-39)54(36-14-5-2-6-15-36)51-52-50-49(55(43)51)42-17-8-10-20-46(42)57-50/h1-32H. The SMILES string of the molecule is c1ccc(-c2ccc(N(c3ccc(-c4cccc5oc6ccccc6c45)cc3)c3ccc4c(c3)n(-c3ccccc3)c3nc5oc6ccccc6c5n43)cc2)cc1. The van der Waals surface area contributed by atoms with Gasteiger partial charge in [-0.3, -0.25) is 8.97 Å². The average molecular weight is 733 g/mol. The predicted octanol–water partition coefficient (Wildman–Crippen LogP) is 13.9. The van der Waals surface area contributed by atoms with Crippen molar-refractivity contribution in [3.05, 3.63) is 194 Å². The summed E-state index contributed by atoms with van der Waals surface area (Å²) in [6, 6.07) is 68.1. The molecule has 4 aromatic heterocycles. The Labute approximate surface area is 326 Å². The fourth-order valence-corrected chi connectivity index (χ4v) is 8.57. The molecule has 0 fully saturated rings. The van der Waals surface area contributed by atoms with E-state index in [1.54, 1.807) is 0 Å². The maximum Gasteiger partial charge on any atom is 0.248 e. The molecular weight excluding hydrogens is 701 g/mol. The lowest BCUT2D eigenvalue weighted by atomic mass is 9.99. The van der Waals surface area contributed by atoms with E-state index in [0.29, 0.717) is 5.71 Å². The summed E-state index contributed by atoms with van der Waals surface area (Å²) in [5.74, 6) is 0.803. The largest absolute Gasteiger partial charge is 0.456 e. The van der Waals surface area contributed by atoms with Gasteiger partial charge in [0, 0.05) is 38.9 Å². The smallest absolute Gasteiger partial charge is 0.248 e. The molecule has 0 saturated carbocycles. The van der Waals surface area contributed by atoms with Crippen LogP contribution in [0.2, 0.25) is 0 Å². The number of anilines is 3. The van der Waals surface area contributed by atoms with Crippen molar-refractivity contribution in [2.75, 3.05) is 4.90 Å². The molecule has 6 nitrogen and oxygen atoms in total. The van der Waals surface area contributed by atoms with Gasteiger partial charge in [0.25, 0.3) is 0 Å². The molecule has 0 aliphatic rings. The lowest BCUT2D eigenvalue weighted by molar-refractivity contribution is 0.656. The number of hydrogen-bond acceptors (Lipinski definition) is 4. The molecule has 0 saturated heterocycles. The van der Waals surface area contributed by atoms with Gasteiger partial charge in [-0.05, 0) is 101 Å². The molecule has 6 heteroatoms. The summed E-state index contributed by atoms with van der Waals surface area (Å²) < 4.78 is 17.0. The first-order valence-electron chi connectivity index (χ1n) is 19.1. The normalized spacial score (nSPS) is 11.9. The highest BCUT2D eigenvalue weighted by atomic mass is 16.3. The van der Waals surface area contributed by atoms with Crippen molar-refractivity contribution in [2.45, 2.75) is 0 Å². The van der Waals surface area contributed by atoms with E-state index in [2.05, 4.69) is 172 Å². The average Bonchev–Trinajstić information content (AvgIpc) is 4.02. The molecule has 57 heavy (non-hydrogen) atoms. The van der Waals surface area contributed by atoms with Crippen LogP contribution in [0, 0.1) is 0 Å². The van der Waals surface area contributed by atoms with E-state index in [1.807, 2.05) is 36.4 Å². The quantitative estimate of drug-likeness (QED) is 0.171. The first-order chi connectivity index (χ1) is 28.3. The topological polar surface area (TPSA) is 51.8 Å². The number of nitrogens with zero attached hydrogens (tertiary/aromatic N) is 4. The van der Waals surface area contributed by atoms with Crippen LogP contribution >= 0.6 is 0 Å². The molecule has 0 unspecified atom stereocenters. The number of fused-ring (bicyclic) bond motifs is 10. The van der Waals surface area contributed by atoms with Gasteiger partial charge in [0.15, 0.2) is 0 Å². The van der Waals surface area contributed by atoms with E-state index in [-0.39, 0.29) is 0 Å². The van der Waals surface area contributed by atoms with E-state index in [0.717, 1.165) is 89.1 Å². The molecule has 0 atom stereocenters. The van der Waals surface area contributed by atoms with Gasteiger partial charge in [0.05, 0.1) is 11.0 Å².